The first-order chi connectivity index (χ1) is 14.1. The summed E-state index contributed by atoms with van der Waals surface area (Å²) in [5, 5.41) is 12.0. The van der Waals surface area contributed by atoms with E-state index in [4.69, 9.17) is 21.5 Å². The highest BCUT2D eigenvalue weighted by Gasteiger charge is 2.17. The Balaban J connectivity index is 1.76. The molecule has 1 amide bonds. The minimum atomic E-state index is -4.08. The van der Waals surface area contributed by atoms with Gasteiger partial charge >= 0.3 is 0 Å². The number of anilines is 1. The fourth-order valence-corrected chi connectivity index (χ4v) is 3.71. The number of nitrogens with zero attached hydrogens (tertiary/aromatic N) is 2. The Morgan fingerprint density at radius 2 is 2.00 bits per heavy atom. The zero-order chi connectivity index (χ0) is 21.9. The Morgan fingerprint density at radius 3 is 2.63 bits per heavy atom. The third-order valence-corrected chi connectivity index (χ3v) is 5.44. The average molecular weight is 453 g/mol. The highest BCUT2D eigenvalue weighted by atomic mass is 35.5. The van der Waals surface area contributed by atoms with Gasteiger partial charge < -0.3 is 10.1 Å². The van der Waals surface area contributed by atoms with E-state index in [1.165, 1.54) is 36.5 Å². The number of carbonyl (C=O) groups is 1. The van der Waals surface area contributed by atoms with Gasteiger partial charge in [-0.3, -0.25) is 9.48 Å². The molecule has 0 aliphatic carbocycles. The van der Waals surface area contributed by atoms with Gasteiger partial charge in [0.2, 0.25) is 15.9 Å². The molecule has 0 atom stereocenters. The molecule has 0 saturated heterocycles. The topological polar surface area (TPSA) is 116 Å². The van der Waals surface area contributed by atoms with Crippen molar-refractivity contribution in [3.05, 3.63) is 70.8 Å². The molecule has 0 unspecified atom stereocenters. The van der Waals surface area contributed by atoms with Crippen LogP contribution in [0, 0.1) is 5.82 Å². The number of nitrogens with two attached hydrogens (primary N) is 1. The third-order valence-electron chi connectivity index (χ3n) is 4.10. The lowest BCUT2D eigenvalue weighted by molar-refractivity contribution is -0.115. The van der Waals surface area contributed by atoms with E-state index in [9.17, 15) is 17.6 Å². The molecular weight excluding hydrogens is 435 g/mol. The molecule has 3 rings (SSSR count). The highest BCUT2D eigenvalue weighted by molar-refractivity contribution is 7.89. The molecule has 0 spiro atoms. The molecule has 158 valence electrons. The third kappa shape index (κ3) is 5.56. The van der Waals surface area contributed by atoms with Crippen molar-refractivity contribution < 1.29 is 22.3 Å². The zero-order valence-corrected chi connectivity index (χ0v) is 17.4. The Labute approximate surface area is 177 Å². The van der Waals surface area contributed by atoms with Gasteiger partial charge in [0.25, 0.3) is 0 Å². The lowest BCUT2D eigenvalue weighted by Gasteiger charge is -2.12. The summed E-state index contributed by atoms with van der Waals surface area (Å²) in [6, 6.07) is 8.00. The van der Waals surface area contributed by atoms with Crippen molar-refractivity contribution in [2.75, 3.05) is 5.32 Å². The summed E-state index contributed by atoms with van der Waals surface area (Å²) < 4.78 is 44.2. The minimum Gasteiger partial charge on any atom is -0.486 e. The van der Waals surface area contributed by atoms with E-state index in [-0.39, 0.29) is 28.6 Å². The number of ether oxygens (including phenoxy) is 1. The molecule has 3 aromatic rings. The van der Waals surface area contributed by atoms with Gasteiger partial charge in [-0.1, -0.05) is 23.7 Å². The first kappa shape index (κ1) is 21.8. The molecule has 8 nitrogen and oxygen atoms in total. The van der Waals surface area contributed by atoms with Crippen LogP contribution < -0.4 is 15.2 Å². The number of aromatic nitrogens is 2. The zero-order valence-electron chi connectivity index (χ0n) is 15.8. The SMILES string of the molecule is Cn1cc(OCc2ccc(NC(=O)Cc3ccc(F)cc3Cl)cc2S(N)(=O)=O)cn1. The van der Waals surface area contributed by atoms with E-state index in [1.54, 1.807) is 17.9 Å². The first-order valence-electron chi connectivity index (χ1n) is 8.63. The second-order valence-corrected chi connectivity index (χ2v) is 8.40. The molecule has 0 aliphatic heterocycles. The van der Waals surface area contributed by atoms with Crippen molar-refractivity contribution in [3.63, 3.8) is 0 Å². The predicted molar refractivity (Wildman–Crippen MR) is 109 cm³/mol. The van der Waals surface area contributed by atoms with E-state index in [1.807, 2.05) is 0 Å². The summed E-state index contributed by atoms with van der Waals surface area (Å²) in [5.41, 5.74) is 0.983. The number of primary sulfonamides is 1. The predicted octanol–water partition coefficient (Wildman–Crippen LogP) is 2.62. The van der Waals surface area contributed by atoms with Crippen LogP contribution >= 0.6 is 11.6 Å². The molecule has 0 fully saturated rings. The van der Waals surface area contributed by atoms with Gasteiger partial charge in [-0.2, -0.15) is 5.10 Å². The normalized spacial score (nSPS) is 11.3. The van der Waals surface area contributed by atoms with Gasteiger partial charge in [-0.15, -0.1) is 0 Å². The molecule has 1 heterocycles. The molecule has 30 heavy (non-hydrogen) atoms. The molecule has 0 bridgehead atoms. The molecule has 3 N–H and O–H groups in total. The quantitative estimate of drug-likeness (QED) is 0.571. The summed E-state index contributed by atoms with van der Waals surface area (Å²) in [5.74, 6) is -0.499. The standard InChI is InChI=1S/C19H18ClFN4O4S/c1-25-10-16(9-23-25)29-11-13-3-5-15(8-18(13)30(22,27)28)24-19(26)6-12-2-4-14(21)7-17(12)20/h2-5,7-10H,6,11H2,1H3,(H,24,26)(H2,22,27,28). The fraction of sp³-hybridized carbons (Fsp3) is 0.158. The van der Waals surface area contributed by atoms with Crippen molar-refractivity contribution >= 4 is 33.2 Å². The van der Waals surface area contributed by atoms with E-state index in [2.05, 4.69) is 10.4 Å². The number of amides is 1. The van der Waals surface area contributed by atoms with Crippen LogP contribution in [-0.4, -0.2) is 24.1 Å². The minimum absolute atomic E-state index is 0.0587. The van der Waals surface area contributed by atoms with Gasteiger partial charge in [-0.05, 0) is 29.8 Å². The van der Waals surface area contributed by atoms with Crippen molar-refractivity contribution in [1.29, 1.82) is 0 Å². The van der Waals surface area contributed by atoms with Crippen LogP contribution in [0.1, 0.15) is 11.1 Å². The van der Waals surface area contributed by atoms with E-state index in [0.29, 0.717) is 16.9 Å². The van der Waals surface area contributed by atoms with Gasteiger partial charge in [-0.25, -0.2) is 17.9 Å². The van der Waals surface area contributed by atoms with Crippen LogP contribution in [0.5, 0.6) is 5.75 Å². The summed E-state index contributed by atoms with van der Waals surface area (Å²) >= 11 is 5.93. The van der Waals surface area contributed by atoms with Crippen LogP contribution in [0.2, 0.25) is 5.02 Å². The molecule has 1 aromatic heterocycles. The van der Waals surface area contributed by atoms with Crippen LogP contribution in [0.25, 0.3) is 0 Å². The maximum atomic E-state index is 13.1. The molecule has 11 heteroatoms. The summed E-state index contributed by atoms with van der Waals surface area (Å²) in [4.78, 5) is 12.1. The number of nitrogens with one attached hydrogen (secondary N) is 1. The van der Waals surface area contributed by atoms with Crippen LogP contribution in [0.15, 0.2) is 53.7 Å². The van der Waals surface area contributed by atoms with Crippen LogP contribution in [-0.2, 0) is 34.9 Å². The number of halogens is 2. The number of aryl methyl sites for hydroxylation is 1. The highest BCUT2D eigenvalue weighted by Crippen LogP contribution is 2.23. The van der Waals surface area contributed by atoms with Gasteiger partial charge in [0, 0.05) is 23.3 Å². The number of carbonyl (C=O) groups excluding carboxylic acids is 1. The smallest absolute Gasteiger partial charge is 0.238 e. The average Bonchev–Trinajstić information content (AvgIpc) is 3.07. The maximum Gasteiger partial charge on any atom is 0.238 e. The number of hydrogen-bond acceptors (Lipinski definition) is 5. The lowest BCUT2D eigenvalue weighted by Crippen LogP contribution is -2.18. The monoisotopic (exact) mass is 452 g/mol. The van der Waals surface area contributed by atoms with Gasteiger partial charge in [0.15, 0.2) is 5.75 Å². The van der Waals surface area contributed by atoms with Gasteiger partial charge in [0.1, 0.15) is 12.4 Å². The fourth-order valence-electron chi connectivity index (χ4n) is 2.69. The maximum absolute atomic E-state index is 13.1. The van der Waals surface area contributed by atoms with E-state index >= 15 is 0 Å². The van der Waals surface area contributed by atoms with Crippen molar-refractivity contribution in [2.24, 2.45) is 12.2 Å². The molecule has 0 aliphatic rings. The number of hydrogen-bond donors (Lipinski definition) is 2. The summed E-state index contributed by atoms with van der Waals surface area (Å²) in [7, 11) is -2.35. The van der Waals surface area contributed by atoms with E-state index in [0.717, 1.165) is 6.07 Å². The van der Waals surface area contributed by atoms with Crippen LogP contribution in [0.3, 0.4) is 0 Å². The van der Waals surface area contributed by atoms with Gasteiger partial charge in [0.05, 0.1) is 23.7 Å². The summed E-state index contributed by atoms with van der Waals surface area (Å²) in [6.07, 6.45) is 3.01. The number of rotatable bonds is 7. The molecular formula is C19H18ClFN4O4S. The van der Waals surface area contributed by atoms with Crippen LogP contribution in [0.4, 0.5) is 10.1 Å². The Morgan fingerprint density at radius 1 is 1.27 bits per heavy atom. The molecule has 0 radical (unpaired) electrons. The Kier molecular flexibility index (Phi) is 6.40. The second-order valence-electron chi connectivity index (χ2n) is 6.47. The lowest BCUT2D eigenvalue weighted by atomic mass is 10.1. The molecule has 2 aromatic carbocycles. The van der Waals surface area contributed by atoms with Crippen molar-refractivity contribution in [1.82, 2.24) is 9.78 Å². The molecule has 0 saturated carbocycles. The Hall–Kier alpha value is -2.95. The first-order valence-corrected chi connectivity index (χ1v) is 10.6. The van der Waals surface area contributed by atoms with E-state index < -0.39 is 21.7 Å². The largest absolute Gasteiger partial charge is 0.486 e. The number of benzene rings is 2. The summed E-state index contributed by atoms with van der Waals surface area (Å²) in [6.45, 7) is -0.0587. The van der Waals surface area contributed by atoms with Crippen molar-refractivity contribution in [3.8, 4) is 5.75 Å². The number of sulfonamides is 1. The van der Waals surface area contributed by atoms with Crippen molar-refractivity contribution in [2.45, 2.75) is 17.9 Å². The Bertz CT molecular complexity index is 1200. The second kappa shape index (κ2) is 8.82.